The zero-order valence-electron chi connectivity index (χ0n) is 14.7. The van der Waals surface area contributed by atoms with Crippen molar-refractivity contribution in [3.05, 3.63) is 60.3 Å². The van der Waals surface area contributed by atoms with Crippen molar-refractivity contribution in [2.75, 3.05) is 31.1 Å². The first-order chi connectivity index (χ1) is 12.7. The summed E-state index contributed by atoms with van der Waals surface area (Å²) < 4.78 is 0. The molecule has 3 heterocycles. The Labute approximate surface area is 153 Å². The predicted molar refractivity (Wildman–Crippen MR) is 96.3 cm³/mol. The van der Waals surface area contributed by atoms with Crippen LogP contribution >= 0.6 is 0 Å². The van der Waals surface area contributed by atoms with Crippen molar-refractivity contribution >= 4 is 17.6 Å². The largest absolute Gasteiger partial charge is 0.318 e. The molecule has 2 aromatic rings. The highest BCUT2D eigenvalue weighted by Crippen LogP contribution is 2.16. The summed E-state index contributed by atoms with van der Waals surface area (Å²) in [6.45, 7) is 3.88. The first-order valence-electron chi connectivity index (χ1n) is 9.17. The molecule has 2 saturated heterocycles. The number of pyridine rings is 1. The highest BCUT2D eigenvalue weighted by molar-refractivity contribution is 6.04. The maximum absolute atomic E-state index is 12.8. The van der Waals surface area contributed by atoms with Crippen LogP contribution in [0.15, 0.2) is 54.7 Å². The Morgan fingerprint density at radius 3 is 2.42 bits per heavy atom. The number of carbonyl (C=O) groups is 2. The Morgan fingerprint density at radius 2 is 1.73 bits per heavy atom. The number of amides is 2. The molecule has 134 valence electrons. The van der Waals surface area contributed by atoms with Crippen LogP contribution in [0.3, 0.4) is 0 Å². The molecule has 0 bridgehead atoms. The zero-order valence-corrected chi connectivity index (χ0v) is 14.7. The molecule has 1 atom stereocenters. The van der Waals surface area contributed by atoms with E-state index in [4.69, 9.17) is 0 Å². The van der Waals surface area contributed by atoms with Crippen molar-refractivity contribution in [1.82, 2.24) is 4.90 Å². The molecule has 2 amide bonds. The third-order valence-corrected chi connectivity index (χ3v) is 5.36. The molecule has 0 spiro atoms. The minimum absolute atomic E-state index is 0.0198. The summed E-state index contributed by atoms with van der Waals surface area (Å²) in [6.07, 6.45) is 2.26. The summed E-state index contributed by atoms with van der Waals surface area (Å²) in [5.74, 6) is 1.04. The third-order valence-electron chi connectivity index (χ3n) is 5.36. The van der Waals surface area contributed by atoms with E-state index in [-0.39, 0.29) is 17.9 Å². The number of likely N-dealkylation sites (tertiary alicyclic amines) is 1. The molecule has 0 saturated carbocycles. The number of nitrogens with one attached hydrogen (secondary N) is 2. The van der Waals surface area contributed by atoms with Crippen LogP contribution in [0.4, 0.5) is 5.82 Å². The average molecular weight is 352 g/mol. The smallest absolute Gasteiger partial charge is 0.288 e. The third kappa shape index (κ3) is 3.32. The SMILES string of the molecule is O=C1C[C@@H]([NH+]2CCN(c3cccc[nH+]3)CC2)C(=O)N1Cc1ccccc1. The molecule has 0 aliphatic carbocycles. The summed E-state index contributed by atoms with van der Waals surface area (Å²) in [6, 6.07) is 15.5. The number of hydrogen-bond acceptors (Lipinski definition) is 3. The number of hydrogen-bond donors (Lipinski definition) is 1. The minimum atomic E-state index is -0.229. The first-order valence-corrected chi connectivity index (χ1v) is 9.17. The number of aromatic nitrogens is 1. The standard InChI is InChI=1S/C20H22N4O2/c25-19-14-17(20(26)24(19)15-16-6-2-1-3-7-16)22-10-12-23(13-11-22)18-8-4-5-9-21-18/h1-9,17H,10-15H2/p+2/t17-/m1/s1. The van der Waals surface area contributed by atoms with Crippen LogP contribution in [0, 0.1) is 0 Å². The van der Waals surface area contributed by atoms with Crippen molar-refractivity contribution in [1.29, 1.82) is 0 Å². The zero-order chi connectivity index (χ0) is 17.9. The number of aromatic amines is 1. The van der Waals surface area contributed by atoms with Crippen molar-refractivity contribution in [2.45, 2.75) is 19.0 Å². The first kappa shape index (κ1) is 16.7. The monoisotopic (exact) mass is 352 g/mol. The number of imide groups is 1. The molecule has 26 heavy (non-hydrogen) atoms. The van der Waals surface area contributed by atoms with E-state index in [0.29, 0.717) is 13.0 Å². The lowest BCUT2D eigenvalue weighted by Gasteiger charge is -2.31. The number of carbonyl (C=O) groups excluding carboxylic acids is 2. The highest BCUT2D eigenvalue weighted by atomic mass is 16.2. The van der Waals surface area contributed by atoms with Crippen LogP contribution in [0.25, 0.3) is 0 Å². The van der Waals surface area contributed by atoms with E-state index in [2.05, 4.69) is 16.0 Å². The molecule has 6 nitrogen and oxygen atoms in total. The van der Waals surface area contributed by atoms with E-state index in [1.54, 1.807) is 0 Å². The maximum atomic E-state index is 12.8. The second-order valence-corrected chi connectivity index (χ2v) is 6.95. The van der Waals surface area contributed by atoms with Crippen LogP contribution in [0.5, 0.6) is 0 Å². The van der Waals surface area contributed by atoms with Gasteiger partial charge < -0.3 is 4.90 Å². The fourth-order valence-electron chi connectivity index (χ4n) is 3.90. The Kier molecular flexibility index (Phi) is 4.67. The van der Waals surface area contributed by atoms with Crippen molar-refractivity contribution in [3.8, 4) is 0 Å². The lowest BCUT2D eigenvalue weighted by molar-refractivity contribution is -0.915. The van der Waals surface area contributed by atoms with Gasteiger partial charge in [0.15, 0.2) is 6.04 Å². The molecule has 2 N–H and O–H groups in total. The van der Waals surface area contributed by atoms with Gasteiger partial charge in [-0.05, 0) is 11.6 Å². The molecule has 1 aromatic heterocycles. The fourth-order valence-corrected chi connectivity index (χ4v) is 3.90. The summed E-state index contributed by atoms with van der Waals surface area (Å²) in [5.41, 5.74) is 0.995. The molecular weight excluding hydrogens is 328 g/mol. The topological polar surface area (TPSA) is 59.2 Å². The Balaban J connectivity index is 1.38. The fraction of sp³-hybridized carbons (Fsp3) is 0.350. The summed E-state index contributed by atoms with van der Waals surface area (Å²) >= 11 is 0. The maximum Gasteiger partial charge on any atom is 0.288 e. The Hall–Kier alpha value is -2.73. The average Bonchev–Trinajstić information content (AvgIpc) is 2.98. The van der Waals surface area contributed by atoms with Crippen molar-refractivity contribution < 1.29 is 19.5 Å². The van der Waals surface area contributed by atoms with Gasteiger partial charge in [-0.2, -0.15) is 0 Å². The van der Waals surface area contributed by atoms with Gasteiger partial charge in [-0.1, -0.05) is 36.4 Å². The molecule has 0 radical (unpaired) electrons. The number of piperazine rings is 1. The summed E-state index contributed by atoms with van der Waals surface area (Å²) in [5, 5.41) is 0. The van der Waals surface area contributed by atoms with Gasteiger partial charge >= 0.3 is 0 Å². The quantitative estimate of drug-likeness (QED) is 0.757. The number of anilines is 1. The van der Waals surface area contributed by atoms with Crippen molar-refractivity contribution in [3.63, 3.8) is 0 Å². The van der Waals surface area contributed by atoms with Gasteiger partial charge in [0.25, 0.3) is 11.7 Å². The van der Waals surface area contributed by atoms with Gasteiger partial charge in [0.2, 0.25) is 5.91 Å². The Bertz CT molecular complexity index is 773. The van der Waals surface area contributed by atoms with E-state index in [9.17, 15) is 9.59 Å². The van der Waals surface area contributed by atoms with E-state index < -0.39 is 0 Å². The minimum Gasteiger partial charge on any atom is -0.318 e. The molecule has 1 aromatic carbocycles. The van der Waals surface area contributed by atoms with Gasteiger partial charge in [0.05, 0.1) is 19.2 Å². The van der Waals surface area contributed by atoms with Crippen LogP contribution in [0.2, 0.25) is 0 Å². The normalized spacial score (nSPS) is 21.5. The number of H-pyrrole nitrogens is 1. The van der Waals surface area contributed by atoms with E-state index in [1.807, 2.05) is 48.7 Å². The van der Waals surface area contributed by atoms with Crippen molar-refractivity contribution in [2.24, 2.45) is 0 Å². The van der Waals surface area contributed by atoms with E-state index in [0.717, 1.165) is 37.6 Å². The van der Waals surface area contributed by atoms with Crippen LogP contribution < -0.4 is 14.8 Å². The lowest BCUT2D eigenvalue weighted by Crippen LogP contribution is -3.19. The number of benzene rings is 1. The Morgan fingerprint density at radius 1 is 1.00 bits per heavy atom. The number of quaternary nitrogens is 1. The molecule has 2 fully saturated rings. The van der Waals surface area contributed by atoms with E-state index >= 15 is 0 Å². The molecule has 4 rings (SSSR count). The van der Waals surface area contributed by atoms with Crippen LogP contribution in [0.1, 0.15) is 12.0 Å². The summed E-state index contributed by atoms with van der Waals surface area (Å²) in [4.78, 5) is 33.5. The van der Waals surface area contributed by atoms with Gasteiger partial charge in [0.1, 0.15) is 26.2 Å². The molecular formula is C20H24N4O2+2. The molecule has 2 aliphatic heterocycles. The second kappa shape index (κ2) is 7.25. The van der Waals surface area contributed by atoms with Gasteiger partial charge in [-0.25, -0.2) is 4.98 Å². The predicted octanol–water partition coefficient (Wildman–Crippen LogP) is -0.467. The van der Waals surface area contributed by atoms with Gasteiger partial charge in [-0.3, -0.25) is 19.4 Å². The number of rotatable bonds is 4. The molecule has 0 unspecified atom stereocenters. The lowest BCUT2D eigenvalue weighted by atomic mass is 10.1. The van der Waals surface area contributed by atoms with Gasteiger partial charge in [-0.15, -0.1) is 0 Å². The molecule has 2 aliphatic rings. The molecule has 6 heteroatoms. The van der Waals surface area contributed by atoms with Crippen LogP contribution in [-0.4, -0.2) is 48.9 Å². The second-order valence-electron chi connectivity index (χ2n) is 6.95. The van der Waals surface area contributed by atoms with E-state index in [1.165, 1.54) is 9.80 Å². The van der Waals surface area contributed by atoms with Crippen LogP contribution in [-0.2, 0) is 16.1 Å². The summed E-state index contributed by atoms with van der Waals surface area (Å²) in [7, 11) is 0. The number of nitrogens with zero attached hydrogens (tertiary/aromatic N) is 2. The highest BCUT2D eigenvalue weighted by Gasteiger charge is 2.46. The van der Waals surface area contributed by atoms with Gasteiger partial charge in [0, 0.05) is 6.07 Å².